The zero-order chi connectivity index (χ0) is 14.8. The number of rotatable bonds is 2. The van der Waals surface area contributed by atoms with E-state index < -0.39 is 29.7 Å². The zero-order valence-corrected chi connectivity index (χ0v) is 12.4. The third-order valence-corrected chi connectivity index (χ3v) is 4.65. The van der Waals surface area contributed by atoms with Crippen molar-refractivity contribution in [2.24, 2.45) is 5.73 Å². The zero-order valence-electron chi connectivity index (χ0n) is 12.4. The summed E-state index contributed by atoms with van der Waals surface area (Å²) >= 11 is 0. The van der Waals surface area contributed by atoms with Gasteiger partial charge in [-0.05, 0) is 46.6 Å². The van der Waals surface area contributed by atoms with E-state index in [2.05, 4.69) is 4.98 Å². The van der Waals surface area contributed by atoms with Gasteiger partial charge in [-0.1, -0.05) is 0 Å². The number of hydrogen-bond donors (Lipinski definition) is 1. The average Bonchev–Trinajstić information content (AvgIpc) is 3.01. The second-order valence-electron chi connectivity index (χ2n) is 6.84. The summed E-state index contributed by atoms with van der Waals surface area (Å²) in [7, 11) is -0.626. The Hall–Kier alpha value is -0.975. The molecule has 3 rings (SSSR count). The van der Waals surface area contributed by atoms with Gasteiger partial charge in [0.05, 0.1) is 28.6 Å². The van der Waals surface area contributed by atoms with E-state index in [4.69, 9.17) is 15.0 Å². The third-order valence-electron chi connectivity index (χ3n) is 4.65. The van der Waals surface area contributed by atoms with Crippen LogP contribution in [-0.2, 0) is 14.8 Å². The summed E-state index contributed by atoms with van der Waals surface area (Å²) in [6.45, 7) is 7.87. The third kappa shape index (κ3) is 2.06. The van der Waals surface area contributed by atoms with Crippen LogP contribution < -0.4 is 11.2 Å². The fraction of sp³-hybridized carbons (Fsp3) is 0.643. The Morgan fingerprint density at radius 3 is 2.25 bits per heavy atom. The number of pyridine rings is 1. The smallest absolute Gasteiger partial charge is 0.399 e. The molecular formula is C14H20BFN2O2. The van der Waals surface area contributed by atoms with Gasteiger partial charge in [-0.15, -0.1) is 0 Å². The van der Waals surface area contributed by atoms with Gasteiger partial charge < -0.3 is 15.0 Å². The number of nitrogens with zero attached hydrogens (tertiary/aromatic N) is 1. The molecule has 0 radical (unpaired) electrons. The SMILES string of the molecule is CC1(C)OB(c2cc(F)cnc2C2(N)CC2)OC1(C)C. The van der Waals surface area contributed by atoms with Crippen molar-refractivity contribution < 1.29 is 13.7 Å². The fourth-order valence-corrected chi connectivity index (χ4v) is 2.39. The van der Waals surface area contributed by atoms with E-state index in [0.29, 0.717) is 11.2 Å². The maximum atomic E-state index is 13.6. The van der Waals surface area contributed by atoms with E-state index in [9.17, 15) is 4.39 Å². The van der Waals surface area contributed by atoms with E-state index in [-0.39, 0.29) is 0 Å². The van der Waals surface area contributed by atoms with Gasteiger partial charge in [0.2, 0.25) is 0 Å². The van der Waals surface area contributed by atoms with Crippen molar-refractivity contribution in [1.82, 2.24) is 4.98 Å². The van der Waals surface area contributed by atoms with Crippen molar-refractivity contribution in [1.29, 1.82) is 0 Å². The second-order valence-corrected chi connectivity index (χ2v) is 6.84. The fourth-order valence-electron chi connectivity index (χ4n) is 2.39. The molecule has 4 nitrogen and oxygen atoms in total. The molecule has 108 valence electrons. The van der Waals surface area contributed by atoms with E-state index >= 15 is 0 Å². The van der Waals surface area contributed by atoms with Gasteiger partial charge in [0.15, 0.2) is 0 Å². The molecule has 6 heteroatoms. The Kier molecular flexibility index (Phi) is 2.81. The summed E-state index contributed by atoms with van der Waals surface area (Å²) in [5.41, 5.74) is 6.15. The molecule has 2 aliphatic rings. The number of nitrogens with two attached hydrogens (primary N) is 1. The Balaban J connectivity index is 2.01. The Bertz CT molecular complexity index is 542. The Morgan fingerprint density at radius 2 is 1.75 bits per heavy atom. The topological polar surface area (TPSA) is 57.4 Å². The van der Waals surface area contributed by atoms with Gasteiger partial charge in [0, 0.05) is 5.46 Å². The van der Waals surface area contributed by atoms with E-state index in [1.807, 2.05) is 27.7 Å². The molecule has 0 amide bonds. The molecule has 0 unspecified atom stereocenters. The van der Waals surface area contributed by atoms with Crippen LogP contribution in [0.15, 0.2) is 12.3 Å². The molecule has 0 spiro atoms. The molecule has 1 aromatic rings. The molecule has 0 atom stereocenters. The summed E-state index contributed by atoms with van der Waals surface area (Å²) in [6.07, 6.45) is 2.92. The molecule has 0 bridgehead atoms. The summed E-state index contributed by atoms with van der Waals surface area (Å²) < 4.78 is 25.5. The van der Waals surface area contributed by atoms with Crippen LogP contribution >= 0.6 is 0 Å². The van der Waals surface area contributed by atoms with Crippen LogP contribution in [0.4, 0.5) is 4.39 Å². The number of hydrogen-bond acceptors (Lipinski definition) is 4. The van der Waals surface area contributed by atoms with Crippen molar-refractivity contribution in [3.05, 3.63) is 23.8 Å². The standard InChI is InChI=1S/C14H20BFN2O2/c1-12(2)13(3,4)20-15(19-12)10-7-9(16)8-18-11(10)14(17)5-6-14/h7-8H,5-6,17H2,1-4H3. The first kappa shape index (κ1) is 14.0. The molecule has 1 saturated heterocycles. The Labute approximate surface area is 119 Å². The van der Waals surface area contributed by atoms with Gasteiger partial charge in [-0.3, -0.25) is 4.98 Å². The molecule has 1 aromatic heterocycles. The Morgan fingerprint density at radius 1 is 1.20 bits per heavy atom. The van der Waals surface area contributed by atoms with Crippen LogP contribution in [0, 0.1) is 5.82 Å². The first-order valence-corrected chi connectivity index (χ1v) is 6.95. The summed E-state index contributed by atoms with van der Waals surface area (Å²) in [5, 5.41) is 0. The molecular weight excluding hydrogens is 258 g/mol. The molecule has 0 aromatic carbocycles. The lowest BCUT2D eigenvalue weighted by Crippen LogP contribution is -2.42. The van der Waals surface area contributed by atoms with E-state index in [1.54, 1.807) is 0 Å². The van der Waals surface area contributed by atoms with Gasteiger partial charge in [0.25, 0.3) is 0 Å². The van der Waals surface area contributed by atoms with Crippen LogP contribution in [0.5, 0.6) is 0 Å². The van der Waals surface area contributed by atoms with Crippen molar-refractivity contribution in [3.63, 3.8) is 0 Å². The van der Waals surface area contributed by atoms with Gasteiger partial charge in [0.1, 0.15) is 5.82 Å². The molecule has 1 saturated carbocycles. The maximum Gasteiger partial charge on any atom is 0.496 e. The van der Waals surface area contributed by atoms with Crippen molar-refractivity contribution in [2.75, 3.05) is 0 Å². The highest BCUT2D eigenvalue weighted by Gasteiger charge is 2.54. The first-order chi connectivity index (χ1) is 9.15. The van der Waals surface area contributed by atoms with Crippen molar-refractivity contribution in [3.8, 4) is 0 Å². The largest absolute Gasteiger partial charge is 0.496 e. The van der Waals surface area contributed by atoms with Crippen molar-refractivity contribution >= 4 is 12.6 Å². The van der Waals surface area contributed by atoms with Gasteiger partial charge in [-0.2, -0.15) is 0 Å². The van der Waals surface area contributed by atoms with Gasteiger partial charge in [-0.25, -0.2) is 4.39 Å². The second kappa shape index (κ2) is 4.03. The molecule has 2 N–H and O–H groups in total. The van der Waals surface area contributed by atoms with Crippen LogP contribution in [0.25, 0.3) is 0 Å². The quantitative estimate of drug-likeness (QED) is 0.832. The lowest BCUT2D eigenvalue weighted by molar-refractivity contribution is 0.00578. The molecule has 1 aliphatic carbocycles. The molecule has 1 aliphatic heterocycles. The summed E-state index contributed by atoms with van der Waals surface area (Å²) in [6, 6.07) is 1.43. The van der Waals surface area contributed by atoms with Gasteiger partial charge >= 0.3 is 7.12 Å². The van der Waals surface area contributed by atoms with E-state index in [1.165, 1.54) is 12.3 Å². The average molecular weight is 278 g/mol. The summed E-state index contributed by atoms with van der Waals surface area (Å²) in [4.78, 5) is 4.19. The van der Waals surface area contributed by atoms with Crippen LogP contribution in [0.2, 0.25) is 0 Å². The molecule has 2 heterocycles. The predicted octanol–water partition coefficient (Wildman–Crippen LogP) is 1.47. The van der Waals surface area contributed by atoms with E-state index in [0.717, 1.165) is 12.8 Å². The van der Waals surface area contributed by atoms with Crippen LogP contribution in [0.1, 0.15) is 46.2 Å². The summed E-state index contributed by atoms with van der Waals surface area (Å²) in [5.74, 6) is -0.400. The number of aromatic nitrogens is 1. The minimum absolute atomic E-state index is 0.400. The first-order valence-electron chi connectivity index (χ1n) is 6.95. The highest BCUT2D eigenvalue weighted by atomic mass is 19.1. The molecule has 2 fully saturated rings. The van der Waals surface area contributed by atoms with Crippen molar-refractivity contribution in [2.45, 2.75) is 57.3 Å². The normalized spacial score (nSPS) is 25.8. The maximum absolute atomic E-state index is 13.6. The molecule has 20 heavy (non-hydrogen) atoms. The lowest BCUT2D eigenvalue weighted by Gasteiger charge is -2.32. The van der Waals surface area contributed by atoms with Crippen LogP contribution in [0.3, 0.4) is 0 Å². The minimum Gasteiger partial charge on any atom is -0.399 e. The highest BCUT2D eigenvalue weighted by Crippen LogP contribution is 2.42. The minimum atomic E-state index is -0.626. The predicted molar refractivity (Wildman–Crippen MR) is 75.0 cm³/mol. The number of halogens is 1. The highest BCUT2D eigenvalue weighted by molar-refractivity contribution is 6.62. The van der Waals surface area contributed by atoms with Crippen LogP contribution in [-0.4, -0.2) is 23.3 Å². The lowest BCUT2D eigenvalue weighted by atomic mass is 9.76. The monoisotopic (exact) mass is 278 g/mol.